The largest absolute Gasteiger partial charge is 0.332 e. The number of unbranched alkanes of at least 4 members (excludes halogenated alkanes) is 5. The minimum atomic E-state index is 1.31. The third kappa shape index (κ3) is 6.00. The van der Waals surface area contributed by atoms with Gasteiger partial charge in [0.1, 0.15) is 0 Å². The van der Waals surface area contributed by atoms with E-state index < -0.39 is 0 Å². The minimum Gasteiger partial charge on any atom is -0.332 e. The summed E-state index contributed by atoms with van der Waals surface area (Å²) in [6.45, 7) is 4.38. The summed E-state index contributed by atoms with van der Waals surface area (Å²) >= 11 is 0. The number of hydrogen-bond donors (Lipinski definition) is 0. The van der Waals surface area contributed by atoms with Gasteiger partial charge in [0, 0.05) is 0 Å². The first-order chi connectivity index (χ1) is 3.91. The van der Waals surface area contributed by atoms with Crippen molar-refractivity contribution in [1.82, 2.24) is 0 Å². The maximum absolute atomic E-state index is 2.25. The summed E-state index contributed by atoms with van der Waals surface area (Å²) < 4.78 is 0. The second-order valence-electron chi connectivity index (χ2n) is 2.26. The summed E-state index contributed by atoms with van der Waals surface area (Å²) in [7, 11) is 0. The van der Waals surface area contributed by atoms with Gasteiger partial charge in [-0.05, 0) is 0 Å². The molecule has 0 atom stereocenters. The van der Waals surface area contributed by atoms with Crippen LogP contribution in [0, 0.1) is 6.42 Å². The van der Waals surface area contributed by atoms with E-state index in [1.54, 1.807) is 0 Å². The first kappa shape index (κ1) is 8.00. The summed E-state index contributed by atoms with van der Waals surface area (Å²) in [5.41, 5.74) is 0. The van der Waals surface area contributed by atoms with Crippen molar-refractivity contribution in [2.45, 2.75) is 46.0 Å². The first-order valence-electron chi connectivity index (χ1n) is 3.69. The molecule has 0 heterocycles. The van der Waals surface area contributed by atoms with Crippen LogP contribution in [-0.4, -0.2) is 0 Å². The van der Waals surface area contributed by atoms with Gasteiger partial charge in [-0.2, -0.15) is 13.3 Å². The van der Waals surface area contributed by atoms with Gasteiger partial charge in [-0.3, -0.25) is 0 Å². The second-order valence-corrected chi connectivity index (χ2v) is 2.26. The first-order valence-corrected chi connectivity index (χ1v) is 3.69. The SMILES string of the molecule is C[CH-]CCCCCC. The average molecular weight is 113 g/mol. The van der Waals surface area contributed by atoms with Crippen molar-refractivity contribution in [2.24, 2.45) is 0 Å². The molecule has 50 valence electrons. The van der Waals surface area contributed by atoms with Crippen molar-refractivity contribution in [3.63, 3.8) is 0 Å². The molecule has 0 aliphatic carbocycles. The molecule has 0 saturated heterocycles. The zero-order chi connectivity index (χ0) is 6.24. The normalized spacial score (nSPS) is 9.75. The van der Waals surface area contributed by atoms with Crippen molar-refractivity contribution in [3.05, 3.63) is 6.42 Å². The number of hydrogen-bond acceptors (Lipinski definition) is 0. The summed E-state index contributed by atoms with van der Waals surface area (Å²) in [6, 6.07) is 0. The molecule has 0 aliphatic rings. The van der Waals surface area contributed by atoms with Crippen molar-refractivity contribution >= 4 is 0 Å². The molecule has 0 radical (unpaired) electrons. The van der Waals surface area contributed by atoms with E-state index in [1.807, 2.05) is 0 Å². The van der Waals surface area contributed by atoms with Gasteiger partial charge in [0.05, 0.1) is 0 Å². The highest BCUT2D eigenvalue weighted by Gasteiger charge is 1.79. The standard InChI is InChI=1S/C8H17/c1-3-5-7-8-6-4-2/h3H,4-8H2,1-2H3/q-1. The Morgan fingerprint density at radius 3 is 2.38 bits per heavy atom. The third-order valence-electron chi connectivity index (χ3n) is 1.35. The third-order valence-corrected chi connectivity index (χ3v) is 1.35. The molecule has 0 amide bonds. The topological polar surface area (TPSA) is 0 Å². The summed E-state index contributed by atoms with van der Waals surface area (Å²) in [4.78, 5) is 0. The van der Waals surface area contributed by atoms with Crippen LogP contribution in [0.1, 0.15) is 46.0 Å². The maximum Gasteiger partial charge on any atom is -0.0537 e. The lowest BCUT2D eigenvalue weighted by molar-refractivity contribution is 0.662. The Hall–Kier alpha value is 0. The van der Waals surface area contributed by atoms with Crippen molar-refractivity contribution in [1.29, 1.82) is 0 Å². The molecular weight excluding hydrogens is 96.1 g/mol. The van der Waals surface area contributed by atoms with E-state index in [-0.39, 0.29) is 0 Å². The van der Waals surface area contributed by atoms with Crippen LogP contribution in [0.2, 0.25) is 0 Å². The lowest BCUT2D eigenvalue weighted by Crippen LogP contribution is -1.74. The van der Waals surface area contributed by atoms with Crippen LogP contribution < -0.4 is 0 Å². The van der Waals surface area contributed by atoms with Gasteiger partial charge in [-0.1, -0.05) is 32.6 Å². The summed E-state index contributed by atoms with van der Waals surface area (Å²) in [5.74, 6) is 0. The van der Waals surface area contributed by atoms with E-state index >= 15 is 0 Å². The Balaban J connectivity index is 2.53. The highest BCUT2D eigenvalue weighted by Crippen LogP contribution is 2.02. The molecule has 0 N–H and O–H groups in total. The Bertz CT molecular complexity index is 25.0. The van der Waals surface area contributed by atoms with E-state index in [4.69, 9.17) is 0 Å². The fraction of sp³-hybridized carbons (Fsp3) is 0.875. The van der Waals surface area contributed by atoms with Crippen molar-refractivity contribution in [2.75, 3.05) is 0 Å². The van der Waals surface area contributed by atoms with Crippen LogP contribution in [0.3, 0.4) is 0 Å². The lowest BCUT2D eigenvalue weighted by Gasteiger charge is -2.01. The van der Waals surface area contributed by atoms with E-state index in [0.29, 0.717) is 0 Å². The smallest absolute Gasteiger partial charge is 0.0537 e. The van der Waals surface area contributed by atoms with Crippen LogP contribution >= 0.6 is 0 Å². The molecule has 0 heteroatoms. The van der Waals surface area contributed by atoms with E-state index in [2.05, 4.69) is 20.3 Å². The van der Waals surface area contributed by atoms with Crippen LogP contribution in [0.15, 0.2) is 0 Å². The molecule has 0 aromatic heterocycles. The molecular formula is C8H17-. The Labute approximate surface area is 53.3 Å². The molecule has 0 saturated carbocycles. The molecule has 0 aromatic carbocycles. The Morgan fingerprint density at radius 2 is 1.88 bits per heavy atom. The van der Waals surface area contributed by atoms with Gasteiger partial charge < -0.3 is 6.42 Å². The molecule has 0 unspecified atom stereocenters. The van der Waals surface area contributed by atoms with E-state index in [1.165, 1.54) is 32.1 Å². The monoisotopic (exact) mass is 113 g/mol. The van der Waals surface area contributed by atoms with Crippen molar-refractivity contribution in [3.8, 4) is 0 Å². The van der Waals surface area contributed by atoms with Gasteiger partial charge in [0.2, 0.25) is 0 Å². The average Bonchev–Trinajstić information content (AvgIpc) is 1.81. The predicted octanol–water partition coefficient (Wildman–Crippen LogP) is 3.18. The lowest BCUT2D eigenvalue weighted by atomic mass is 10.1. The van der Waals surface area contributed by atoms with Gasteiger partial charge in [0.15, 0.2) is 0 Å². The molecule has 8 heavy (non-hydrogen) atoms. The molecule has 0 fully saturated rings. The van der Waals surface area contributed by atoms with Crippen LogP contribution in [0.4, 0.5) is 0 Å². The van der Waals surface area contributed by atoms with Crippen LogP contribution in [0.5, 0.6) is 0 Å². The number of rotatable bonds is 5. The molecule has 0 aliphatic heterocycles. The van der Waals surface area contributed by atoms with Gasteiger partial charge >= 0.3 is 0 Å². The highest BCUT2D eigenvalue weighted by molar-refractivity contribution is 4.54. The van der Waals surface area contributed by atoms with Gasteiger partial charge in [-0.25, -0.2) is 0 Å². The molecule has 0 bridgehead atoms. The van der Waals surface area contributed by atoms with Crippen LogP contribution in [-0.2, 0) is 0 Å². The second kappa shape index (κ2) is 7.00. The molecule has 0 rings (SSSR count). The van der Waals surface area contributed by atoms with Crippen LogP contribution in [0.25, 0.3) is 0 Å². The zero-order valence-electron chi connectivity index (χ0n) is 6.11. The zero-order valence-corrected chi connectivity index (χ0v) is 6.11. The van der Waals surface area contributed by atoms with Gasteiger partial charge in [0.25, 0.3) is 0 Å². The Morgan fingerprint density at radius 1 is 1.12 bits per heavy atom. The maximum atomic E-state index is 2.25. The fourth-order valence-electron chi connectivity index (χ4n) is 0.775. The fourth-order valence-corrected chi connectivity index (χ4v) is 0.775. The summed E-state index contributed by atoms with van der Waals surface area (Å²) in [5, 5.41) is 0. The predicted molar refractivity (Wildman–Crippen MR) is 38.7 cm³/mol. The molecule has 0 nitrogen and oxygen atoms in total. The molecule has 0 aromatic rings. The quantitative estimate of drug-likeness (QED) is 0.379. The Kier molecular flexibility index (Phi) is 7.00. The summed E-state index contributed by atoms with van der Waals surface area (Å²) in [6.07, 6.45) is 9.12. The highest BCUT2D eigenvalue weighted by atomic mass is 13.9. The van der Waals surface area contributed by atoms with Gasteiger partial charge in [-0.15, -0.1) is 0 Å². The molecule has 0 spiro atoms. The van der Waals surface area contributed by atoms with E-state index in [9.17, 15) is 0 Å². The van der Waals surface area contributed by atoms with E-state index in [0.717, 1.165) is 0 Å². The van der Waals surface area contributed by atoms with Crippen molar-refractivity contribution < 1.29 is 0 Å². The minimum absolute atomic E-state index is 1.31.